The first-order valence-corrected chi connectivity index (χ1v) is 4.27. The summed E-state index contributed by atoms with van der Waals surface area (Å²) in [7, 11) is 1.29. The predicted octanol–water partition coefficient (Wildman–Crippen LogP) is 0.969. The van der Waals surface area contributed by atoms with Gasteiger partial charge in [0.25, 0.3) is 0 Å². The van der Waals surface area contributed by atoms with Gasteiger partial charge in [-0.15, -0.1) is 0 Å². The molecule has 0 aliphatic carbocycles. The van der Waals surface area contributed by atoms with E-state index in [0.29, 0.717) is 5.82 Å². The number of nitrogens with zero attached hydrogens (tertiary/aromatic N) is 2. The molecule has 0 saturated carbocycles. The maximum Gasteiger partial charge on any atom is 0.358 e. The highest BCUT2D eigenvalue weighted by atomic mass is 16.5. The van der Waals surface area contributed by atoms with Crippen LogP contribution in [-0.4, -0.2) is 23.0 Å². The largest absolute Gasteiger partial charge is 0.464 e. The lowest BCUT2D eigenvalue weighted by Crippen LogP contribution is -2.12. The number of esters is 1. The van der Waals surface area contributed by atoms with Gasteiger partial charge in [-0.1, -0.05) is 13.8 Å². The van der Waals surface area contributed by atoms with Gasteiger partial charge in [-0.3, -0.25) is 0 Å². The van der Waals surface area contributed by atoms with Gasteiger partial charge in [0.2, 0.25) is 0 Å². The minimum Gasteiger partial charge on any atom is -0.464 e. The van der Waals surface area contributed by atoms with Crippen molar-refractivity contribution in [1.82, 2.24) is 9.97 Å². The van der Waals surface area contributed by atoms with Crippen LogP contribution < -0.4 is 5.73 Å². The number of hydrogen-bond donors (Lipinski definition) is 1. The Morgan fingerprint density at radius 1 is 1.57 bits per heavy atom. The Kier molecular flexibility index (Phi) is 3.01. The molecule has 1 rings (SSSR count). The van der Waals surface area contributed by atoms with Crippen LogP contribution in [0.2, 0.25) is 0 Å². The van der Waals surface area contributed by atoms with Crippen molar-refractivity contribution >= 4 is 11.7 Å². The van der Waals surface area contributed by atoms with E-state index < -0.39 is 5.97 Å². The van der Waals surface area contributed by atoms with Gasteiger partial charge in [-0.05, 0) is 0 Å². The molecule has 0 atom stereocenters. The number of nitrogens with two attached hydrogens (primary N) is 1. The van der Waals surface area contributed by atoms with Crippen molar-refractivity contribution < 1.29 is 9.53 Å². The molecule has 1 aromatic heterocycles. The number of methoxy groups -OCH3 is 1. The molecular weight excluding hydrogens is 182 g/mol. The number of nitrogen functional groups attached to an aromatic ring is 1. The van der Waals surface area contributed by atoms with Gasteiger partial charge in [0.05, 0.1) is 19.0 Å². The van der Waals surface area contributed by atoms with Crippen LogP contribution in [0.3, 0.4) is 0 Å². The van der Waals surface area contributed by atoms with Gasteiger partial charge in [0.15, 0.2) is 5.69 Å². The smallest absolute Gasteiger partial charge is 0.358 e. The summed E-state index contributed by atoms with van der Waals surface area (Å²) in [6.45, 7) is 3.87. The van der Waals surface area contributed by atoms with Crippen LogP contribution in [0.15, 0.2) is 6.20 Å². The summed E-state index contributed by atoms with van der Waals surface area (Å²) in [5.41, 5.74) is 5.91. The number of ether oxygens (including phenoxy) is 1. The molecule has 0 amide bonds. The van der Waals surface area contributed by atoms with Crippen LogP contribution in [0, 0.1) is 0 Å². The van der Waals surface area contributed by atoms with Crippen molar-refractivity contribution in [2.45, 2.75) is 19.8 Å². The molecule has 1 heterocycles. The van der Waals surface area contributed by atoms with E-state index >= 15 is 0 Å². The highest BCUT2D eigenvalue weighted by Crippen LogP contribution is 2.13. The molecule has 0 aliphatic rings. The summed E-state index contributed by atoms with van der Waals surface area (Å²) in [5, 5.41) is 0. The van der Waals surface area contributed by atoms with Crippen molar-refractivity contribution in [3.8, 4) is 0 Å². The minimum absolute atomic E-state index is 0.131. The summed E-state index contributed by atoms with van der Waals surface area (Å²) in [6.07, 6.45) is 1.43. The Morgan fingerprint density at radius 2 is 2.21 bits per heavy atom. The first kappa shape index (κ1) is 10.4. The normalized spacial score (nSPS) is 10.3. The Balaban J connectivity index is 3.15. The average Bonchev–Trinajstić information content (AvgIpc) is 2.17. The minimum atomic E-state index is -0.535. The predicted molar refractivity (Wildman–Crippen MR) is 51.9 cm³/mol. The van der Waals surface area contributed by atoms with E-state index in [1.165, 1.54) is 13.3 Å². The molecule has 76 valence electrons. The molecule has 1 aromatic rings. The highest BCUT2D eigenvalue weighted by Gasteiger charge is 2.14. The topological polar surface area (TPSA) is 78.1 Å². The quantitative estimate of drug-likeness (QED) is 0.711. The lowest BCUT2D eigenvalue weighted by atomic mass is 10.2. The molecule has 14 heavy (non-hydrogen) atoms. The number of aromatic nitrogens is 2. The van der Waals surface area contributed by atoms with Crippen LogP contribution in [0.5, 0.6) is 0 Å². The van der Waals surface area contributed by atoms with E-state index in [0.717, 1.165) is 0 Å². The maximum atomic E-state index is 11.2. The summed E-state index contributed by atoms with van der Waals surface area (Å²) in [5.74, 6) is 0.199. The van der Waals surface area contributed by atoms with E-state index in [-0.39, 0.29) is 17.3 Å². The van der Waals surface area contributed by atoms with Crippen LogP contribution in [0.25, 0.3) is 0 Å². The first-order chi connectivity index (χ1) is 6.56. The number of carbonyl (C=O) groups is 1. The molecule has 5 nitrogen and oxygen atoms in total. The highest BCUT2D eigenvalue weighted by molar-refractivity contribution is 5.92. The van der Waals surface area contributed by atoms with Gasteiger partial charge in [0.1, 0.15) is 5.82 Å². The molecule has 0 unspecified atom stereocenters. The Hall–Kier alpha value is -1.65. The van der Waals surface area contributed by atoms with E-state index in [2.05, 4.69) is 14.7 Å². The zero-order chi connectivity index (χ0) is 10.7. The molecule has 0 radical (unpaired) electrons. The molecule has 0 saturated heterocycles. The van der Waals surface area contributed by atoms with E-state index in [1.807, 2.05) is 13.8 Å². The molecular formula is C9H13N3O2. The molecule has 0 bridgehead atoms. The van der Waals surface area contributed by atoms with Crippen LogP contribution >= 0.6 is 0 Å². The molecule has 5 heteroatoms. The maximum absolute atomic E-state index is 11.2. The van der Waals surface area contributed by atoms with Gasteiger partial charge in [-0.25, -0.2) is 14.8 Å². The number of carbonyl (C=O) groups excluding carboxylic acids is 1. The van der Waals surface area contributed by atoms with E-state index in [4.69, 9.17) is 5.73 Å². The second-order valence-corrected chi connectivity index (χ2v) is 3.18. The van der Waals surface area contributed by atoms with Crippen LogP contribution in [0.1, 0.15) is 36.1 Å². The lowest BCUT2D eigenvalue weighted by molar-refractivity contribution is 0.0594. The van der Waals surface area contributed by atoms with Gasteiger partial charge >= 0.3 is 5.97 Å². The van der Waals surface area contributed by atoms with Gasteiger partial charge in [0, 0.05) is 5.92 Å². The summed E-state index contributed by atoms with van der Waals surface area (Å²) < 4.78 is 4.54. The number of rotatable bonds is 2. The molecule has 0 spiro atoms. The van der Waals surface area contributed by atoms with Crippen molar-refractivity contribution in [3.63, 3.8) is 0 Å². The Labute approximate surface area is 82.3 Å². The SMILES string of the molecule is COC(=O)c1nc(C(C)C)ncc1N. The van der Waals surface area contributed by atoms with Crippen LogP contribution in [-0.2, 0) is 4.74 Å². The van der Waals surface area contributed by atoms with Crippen molar-refractivity contribution in [2.24, 2.45) is 0 Å². The van der Waals surface area contributed by atoms with Gasteiger partial charge < -0.3 is 10.5 Å². The Bertz CT molecular complexity index is 350. The standard InChI is InChI=1S/C9H13N3O2/c1-5(2)8-11-4-6(10)7(12-8)9(13)14-3/h4-5H,10H2,1-3H3. The second kappa shape index (κ2) is 4.04. The average molecular weight is 195 g/mol. The lowest BCUT2D eigenvalue weighted by Gasteiger charge is -2.06. The molecule has 2 N–H and O–H groups in total. The summed E-state index contributed by atoms with van der Waals surface area (Å²) >= 11 is 0. The zero-order valence-corrected chi connectivity index (χ0v) is 8.44. The van der Waals surface area contributed by atoms with Crippen molar-refractivity contribution in [1.29, 1.82) is 0 Å². The molecule has 0 fully saturated rings. The zero-order valence-electron chi connectivity index (χ0n) is 8.44. The fourth-order valence-corrected chi connectivity index (χ4v) is 0.943. The number of hydrogen-bond acceptors (Lipinski definition) is 5. The van der Waals surface area contributed by atoms with Crippen molar-refractivity contribution in [3.05, 3.63) is 17.7 Å². The second-order valence-electron chi connectivity index (χ2n) is 3.18. The molecule has 0 aliphatic heterocycles. The summed E-state index contributed by atoms with van der Waals surface area (Å²) in [6, 6.07) is 0. The summed E-state index contributed by atoms with van der Waals surface area (Å²) in [4.78, 5) is 19.3. The third kappa shape index (κ3) is 1.99. The monoisotopic (exact) mass is 195 g/mol. The fraction of sp³-hybridized carbons (Fsp3) is 0.444. The Morgan fingerprint density at radius 3 is 2.71 bits per heavy atom. The van der Waals surface area contributed by atoms with E-state index in [1.54, 1.807) is 0 Å². The third-order valence-electron chi connectivity index (χ3n) is 1.73. The molecule has 0 aromatic carbocycles. The third-order valence-corrected chi connectivity index (χ3v) is 1.73. The fourth-order valence-electron chi connectivity index (χ4n) is 0.943. The van der Waals surface area contributed by atoms with Crippen molar-refractivity contribution in [2.75, 3.05) is 12.8 Å². The van der Waals surface area contributed by atoms with E-state index in [9.17, 15) is 4.79 Å². The van der Waals surface area contributed by atoms with Crippen LogP contribution in [0.4, 0.5) is 5.69 Å². The first-order valence-electron chi connectivity index (χ1n) is 4.27. The number of anilines is 1. The van der Waals surface area contributed by atoms with Gasteiger partial charge in [-0.2, -0.15) is 0 Å².